The highest BCUT2D eigenvalue weighted by Gasteiger charge is 2.23. The van der Waals surface area contributed by atoms with Gasteiger partial charge in [0.1, 0.15) is 11.5 Å². The predicted octanol–water partition coefficient (Wildman–Crippen LogP) is 2.81. The smallest absolute Gasteiger partial charge is 0.243 e. The number of rotatable bonds is 7. The first-order valence-corrected chi connectivity index (χ1v) is 8.63. The zero-order chi connectivity index (χ0) is 19.3. The summed E-state index contributed by atoms with van der Waals surface area (Å²) in [6.45, 7) is 6.24. The lowest BCUT2D eigenvalue weighted by Gasteiger charge is -2.27. The number of likely N-dealkylation sites (N-methyl/N-ethyl adjacent to an activating group) is 2. The van der Waals surface area contributed by atoms with Gasteiger partial charge in [-0.25, -0.2) is 0 Å². The molecule has 2 rings (SSSR count). The number of furan rings is 1. The molecule has 1 aromatic carbocycles. The molecular weight excluding hydrogens is 330 g/mol. The van der Waals surface area contributed by atoms with Gasteiger partial charge in [-0.2, -0.15) is 0 Å². The summed E-state index contributed by atoms with van der Waals surface area (Å²) in [6, 6.07) is 11.0. The van der Waals surface area contributed by atoms with E-state index in [0.29, 0.717) is 6.54 Å². The summed E-state index contributed by atoms with van der Waals surface area (Å²) in [5.41, 5.74) is 1.85. The van der Waals surface area contributed by atoms with E-state index >= 15 is 0 Å². The molecule has 0 spiro atoms. The molecule has 0 fully saturated rings. The fourth-order valence-electron chi connectivity index (χ4n) is 2.59. The van der Waals surface area contributed by atoms with E-state index in [9.17, 15) is 9.59 Å². The maximum atomic E-state index is 12.6. The molecule has 0 radical (unpaired) electrons. The van der Waals surface area contributed by atoms with Crippen molar-refractivity contribution >= 4 is 17.5 Å². The second kappa shape index (κ2) is 8.67. The van der Waals surface area contributed by atoms with Crippen LogP contribution >= 0.6 is 0 Å². The first-order chi connectivity index (χ1) is 12.3. The third-order valence-corrected chi connectivity index (χ3v) is 4.31. The third-order valence-electron chi connectivity index (χ3n) is 4.31. The van der Waals surface area contributed by atoms with Crippen LogP contribution in [0.5, 0.6) is 0 Å². The second-order valence-electron chi connectivity index (χ2n) is 6.71. The topological polar surface area (TPSA) is 65.8 Å². The Morgan fingerprint density at radius 3 is 2.31 bits per heavy atom. The van der Waals surface area contributed by atoms with Gasteiger partial charge < -0.3 is 14.6 Å². The van der Waals surface area contributed by atoms with Gasteiger partial charge in [0.05, 0.1) is 19.1 Å². The molecule has 2 amide bonds. The number of amides is 2. The van der Waals surface area contributed by atoms with Crippen LogP contribution in [-0.4, -0.2) is 48.3 Å². The zero-order valence-corrected chi connectivity index (χ0v) is 16.1. The molecule has 1 N–H and O–H groups in total. The molecule has 6 nitrogen and oxygen atoms in total. The highest BCUT2D eigenvalue weighted by Crippen LogP contribution is 2.12. The summed E-state index contributed by atoms with van der Waals surface area (Å²) in [5, 5.41) is 2.80. The molecule has 1 atom stereocenters. The van der Waals surface area contributed by atoms with E-state index in [1.807, 2.05) is 69.1 Å². The standard InChI is InChI=1S/C20H27N3O3/c1-14-6-9-17(10-7-14)21-19(24)13-23(5)20(25)16(3)22(4)12-18-11-8-15(2)26-18/h6-11,16H,12-13H2,1-5H3,(H,21,24)/t16-/m0/s1. The van der Waals surface area contributed by atoms with Crippen molar-refractivity contribution in [1.82, 2.24) is 9.80 Å². The lowest BCUT2D eigenvalue weighted by atomic mass is 10.2. The Hall–Kier alpha value is -2.60. The van der Waals surface area contributed by atoms with Gasteiger partial charge in [-0.05, 0) is 52.1 Å². The normalized spacial score (nSPS) is 12.1. The zero-order valence-electron chi connectivity index (χ0n) is 16.1. The quantitative estimate of drug-likeness (QED) is 0.827. The van der Waals surface area contributed by atoms with Crippen LogP contribution in [0, 0.1) is 13.8 Å². The van der Waals surface area contributed by atoms with Gasteiger partial charge in [0.25, 0.3) is 0 Å². The number of carbonyl (C=O) groups is 2. The van der Waals surface area contributed by atoms with Gasteiger partial charge in [-0.3, -0.25) is 14.5 Å². The van der Waals surface area contributed by atoms with Gasteiger partial charge in [0.2, 0.25) is 11.8 Å². The van der Waals surface area contributed by atoms with Gasteiger partial charge >= 0.3 is 0 Å². The summed E-state index contributed by atoms with van der Waals surface area (Å²) >= 11 is 0. The van der Waals surface area contributed by atoms with Crippen molar-refractivity contribution in [2.24, 2.45) is 0 Å². The molecule has 6 heteroatoms. The first-order valence-electron chi connectivity index (χ1n) is 8.63. The van der Waals surface area contributed by atoms with Gasteiger partial charge in [-0.1, -0.05) is 17.7 Å². The third kappa shape index (κ3) is 5.46. The molecule has 140 valence electrons. The SMILES string of the molecule is Cc1ccc(NC(=O)CN(C)C(=O)[C@H](C)N(C)Cc2ccc(C)o2)cc1. The lowest BCUT2D eigenvalue weighted by Crippen LogP contribution is -2.46. The van der Waals surface area contributed by atoms with E-state index in [4.69, 9.17) is 4.42 Å². The summed E-state index contributed by atoms with van der Waals surface area (Å²) < 4.78 is 5.55. The minimum absolute atomic E-state index is 0.00471. The molecule has 0 aliphatic heterocycles. The average molecular weight is 357 g/mol. The van der Waals surface area contributed by atoms with E-state index in [1.54, 1.807) is 7.05 Å². The van der Waals surface area contributed by atoms with Gasteiger partial charge in [-0.15, -0.1) is 0 Å². The van der Waals surface area contributed by atoms with Gasteiger partial charge in [0, 0.05) is 12.7 Å². The molecule has 1 heterocycles. The predicted molar refractivity (Wildman–Crippen MR) is 102 cm³/mol. The minimum Gasteiger partial charge on any atom is -0.465 e. The Morgan fingerprint density at radius 2 is 1.73 bits per heavy atom. The number of nitrogens with one attached hydrogen (secondary N) is 1. The Balaban J connectivity index is 1.86. The van der Waals surface area contributed by atoms with Crippen LogP contribution in [0.4, 0.5) is 5.69 Å². The van der Waals surface area contributed by atoms with Crippen LogP contribution in [-0.2, 0) is 16.1 Å². The number of hydrogen-bond acceptors (Lipinski definition) is 4. The van der Waals surface area contributed by atoms with Crippen molar-refractivity contribution in [2.45, 2.75) is 33.4 Å². The summed E-state index contributed by atoms with van der Waals surface area (Å²) in [6.07, 6.45) is 0. The van der Waals surface area contributed by atoms with E-state index in [1.165, 1.54) is 4.90 Å². The Bertz CT molecular complexity index is 752. The molecular formula is C20H27N3O3. The van der Waals surface area contributed by atoms with Crippen LogP contribution in [0.15, 0.2) is 40.8 Å². The van der Waals surface area contributed by atoms with Crippen molar-refractivity contribution in [1.29, 1.82) is 0 Å². The monoisotopic (exact) mass is 357 g/mol. The molecule has 0 aliphatic rings. The molecule has 0 aliphatic carbocycles. The Labute approximate surface area is 154 Å². The minimum atomic E-state index is -0.363. The molecule has 26 heavy (non-hydrogen) atoms. The number of nitrogens with zero attached hydrogens (tertiary/aromatic N) is 2. The fourth-order valence-corrected chi connectivity index (χ4v) is 2.59. The first kappa shape index (κ1) is 19.7. The molecule has 0 bridgehead atoms. The lowest BCUT2D eigenvalue weighted by molar-refractivity contribution is -0.137. The van der Waals surface area contributed by atoms with Crippen molar-refractivity contribution in [3.63, 3.8) is 0 Å². The average Bonchev–Trinajstić information content (AvgIpc) is 3.00. The van der Waals surface area contributed by atoms with E-state index in [-0.39, 0.29) is 24.4 Å². The molecule has 2 aromatic rings. The van der Waals surface area contributed by atoms with E-state index < -0.39 is 0 Å². The maximum Gasteiger partial charge on any atom is 0.243 e. The molecule has 1 aromatic heterocycles. The van der Waals surface area contributed by atoms with Crippen molar-refractivity contribution in [3.8, 4) is 0 Å². The van der Waals surface area contributed by atoms with E-state index in [2.05, 4.69) is 5.32 Å². The summed E-state index contributed by atoms with van der Waals surface area (Å²) in [5.74, 6) is 1.32. The number of hydrogen-bond donors (Lipinski definition) is 1. The summed E-state index contributed by atoms with van der Waals surface area (Å²) in [7, 11) is 3.50. The largest absolute Gasteiger partial charge is 0.465 e. The number of aryl methyl sites for hydroxylation is 2. The van der Waals surface area contributed by atoms with Crippen LogP contribution in [0.3, 0.4) is 0 Å². The van der Waals surface area contributed by atoms with E-state index in [0.717, 1.165) is 22.8 Å². The van der Waals surface area contributed by atoms with Crippen LogP contribution < -0.4 is 5.32 Å². The van der Waals surface area contributed by atoms with Crippen LogP contribution in [0.25, 0.3) is 0 Å². The van der Waals surface area contributed by atoms with Crippen molar-refractivity contribution in [2.75, 3.05) is 26.0 Å². The Morgan fingerprint density at radius 1 is 1.08 bits per heavy atom. The summed E-state index contributed by atoms with van der Waals surface area (Å²) in [4.78, 5) is 28.1. The molecule has 0 saturated carbocycles. The highest BCUT2D eigenvalue weighted by atomic mass is 16.3. The Kier molecular flexibility index (Phi) is 6.58. The fraction of sp³-hybridized carbons (Fsp3) is 0.400. The number of carbonyl (C=O) groups excluding carboxylic acids is 2. The van der Waals surface area contributed by atoms with Crippen molar-refractivity contribution < 1.29 is 14.0 Å². The number of anilines is 1. The molecule has 0 saturated heterocycles. The molecule has 0 unspecified atom stereocenters. The second-order valence-corrected chi connectivity index (χ2v) is 6.71. The van der Waals surface area contributed by atoms with Gasteiger partial charge in [0.15, 0.2) is 0 Å². The van der Waals surface area contributed by atoms with Crippen LogP contribution in [0.2, 0.25) is 0 Å². The maximum absolute atomic E-state index is 12.6. The van der Waals surface area contributed by atoms with Crippen LogP contribution in [0.1, 0.15) is 24.0 Å². The van der Waals surface area contributed by atoms with Crippen molar-refractivity contribution in [3.05, 3.63) is 53.5 Å². The highest BCUT2D eigenvalue weighted by molar-refractivity contribution is 5.95. The number of benzene rings is 1.